The van der Waals surface area contributed by atoms with E-state index in [1.54, 1.807) is 24.3 Å². The third kappa shape index (κ3) is 7.88. The van der Waals surface area contributed by atoms with Crippen LogP contribution in [-0.4, -0.2) is 30.4 Å². The van der Waals surface area contributed by atoms with Gasteiger partial charge in [-0.05, 0) is 73.6 Å². The lowest BCUT2D eigenvalue weighted by Gasteiger charge is -2.26. The Hall–Kier alpha value is -4.23. The Kier molecular flexibility index (Phi) is 9.43. The number of hydrogen-bond acceptors (Lipinski definition) is 5. The molecule has 0 heterocycles. The number of ether oxygens (including phenoxy) is 1. The van der Waals surface area contributed by atoms with Gasteiger partial charge in [0.1, 0.15) is 12.4 Å². The lowest BCUT2D eigenvalue weighted by atomic mass is 9.94. The molecule has 1 fully saturated rings. The van der Waals surface area contributed by atoms with E-state index in [0.29, 0.717) is 29.8 Å². The number of carbonyl (C=O) groups excluding carboxylic acids is 3. The van der Waals surface area contributed by atoms with Crippen molar-refractivity contribution in [1.29, 1.82) is 0 Å². The van der Waals surface area contributed by atoms with Crippen molar-refractivity contribution in [2.75, 3.05) is 10.6 Å². The Labute approximate surface area is 223 Å². The number of nitrogens with one attached hydrogen (secondary N) is 2. The molecule has 196 valence electrons. The molecule has 38 heavy (non-hydrogen) atoms. The summed E-state index contributed by atoms with van der Waals surface area (Å²) in [7, 11) is 0. The van der Waals surface area contributed by atoms with E-state index in [1.165, 1.54) is 0 Å². The summed E-state index contributed by atoms with van der Waals surface area (Å²) in [5.41, 5.74) is 10.6. The van der Waals surface area contributed by atoms with Crippen molar-refractivity contribution in [2.24, 2.45) is 5.73 Å². The highest BCUT2D eigenvalue weighted by Gasteiger charge is 2.22. The van der Waals surface area contributed by atoms with Crippen molar-refractivity contribution >= 4 is 35.7 Å². The molecule has 0 radical (unpaired) electrons. The molecule has 4 N–H and O–H groups in total. The number of rotatable bonds is 9. The van der Waals surface area contributed by atoms with Gasteiger partial charge in [0.25, 0.3) is 0 Å². The van der Waals surface area contributed by atoms with Crippen LogP contribution in [-0.2, 0) is 9.53 Å². The Morgan fingerprint density at radius 2 is 1.61 bits per heavy atom. The fourth-order valence-corrected chi connectivity index (χ4v) is 4.44. The first-order chi connectivity index (χ1) is 18.5. The first-order valence-corrected chi connectivity index (χ1v) is 12.9. The Morgan fingerprint density at radius 3 is 2.32 bits per heavy atom. The molecule has 4 rings (SSSR count). The summed E-state index contributed by atoms with van der Waals surface area (Å²) in [5, 5.41) is 5.77. The second kappa shape index (κ2) is 13.4. The van der Waals surface area contributed by atoms with E-state index in [4.69, 9.17) is 10.5 Å². The van der Waals surface area contributed by atoms with Crippen molar-refractivity contribution in [3.05, 3.63) is 90.0 Å². The largest absolute Gasteiger partial charge is 0.446 e. The lowest BCUT2D eigenvalue weighted by Crippen LogP contribution is -2.32. The van der Waals surface area contributed by atoms with Crippen LogP contribution in [0.25, 0.3) is 17.2 Å². The van der Waals surface area contributed by atoms with E-state index in [-0.39, 0.29) is 18.1 Å². The van der Waals surface area contributed by atoms with E-state index >= 15 is 0 Å². The standard InChI is InChI=1S/C31H33N3O4/c32-25-13-17-27(18-14-25)38-31(37)34-29-20-22(12-19-28(29)24-7-2-1-3-8-24)6-4-5-9-30(36)33-26-15-10-23(21-35)11-16-26/h1-4,6-8,10-12,15-16,19-21,25,27H,5,9,13-14,17-18,32H2,(H,33,36)(H,34,37)/b6-4+/t25-,27-. The molecular weight excluding hydrogens is 478 g/mol. The highest BCUT2D eigenvalue weighted by Crippen LogP contribution is 2.30. The van der Waals surface area contributed by atoms with Gasteiger partial charge in [0.15, 0.2) is 0 Å². The Balaban J connectivity index is 1.38. The van der Waals surface area contributed by atoms with Crippen molar-refractivity contribution in [3.63, 3.8) is 0 Å². The van der Waals surface area contributed by atoms with E-state index in [2.05, 4.69) is 10.6 Å². The molecule has 3 aromatic rings. The maximum Gasteiger partial charge on any atom is 0.411 e. The van der Waals surface area contributed by atoms with E-state index in [1.807, 2.05) is 60.7 Å². The highest BCUT2D eigenvalue weighted by atomic mass is 16.6. The molecule has 1 aliphatic carbocycles. The number of aldehydes is 1. The van der Waals surface area contributed by atoms with Gasteiger partial charge in [-0.25, -0.2) is 4.79 Å². The Morgan fingerprint density at radius 1 is 0.895 bits per heavy atom. The molecule has 1 aliphatic rings. The molecule has 0 bridgehead atoms. The molecular formula is C31H33N3O4. The van der Waals surface area contributed by atoms with Crippen LogP contribution in [0.1, 0.15) is 54.4 Å². The highest BCUT2D eigenvalue weighted by molar-refractivity contribution is 5.93. The van der Waals surface area contributed by atoms with Crippen LogP contribution in [0.2, 0.25) is 0 Å². The van der Waals surface area contributed by atoms with Crippen molar-refractivity contribution in [1.82, 2.24) is 0 Å². The van der Waals surface area contributed by atoms with Crippen molar-refractivity contribution in [2.45, 2.75) is 50.7 Å². The number of hydrogen-bond donors (Lipinski definition) is 3. The molecule has 0 spiro atoms. The van der Waals surface area contributed by atoms with Crippen LogP contribution in [0.5, 0.6) is 0 Å². The SMILES string of the molecule is N[C@H]1CC[C@H](OC(=O)Nc2cc(/C=C/CCC(=O)Nc3ccc(C=O)cc3)ccc2-c2ccccc2)CC1. The third-order valence-corrected chi connectivity index (χ3v) is 6.54. The van der Waals surface area contributed by atoms with Gasteiger partial charge in [-0.1, -0.05) is 54.6 Å². The predicted molar refractivity (Wildman–Crippen MR) is 151 cm³/mol. The van der Waals surface area contributed by atoms with Gasteiger partial charge in [0.05, 0.1) is 5.69 Å². The summed E-state index contributed by atoms with van der Waals surface area (Å²) in [6.07, 6.45) is 8.18. The number of benzene rings is 3. The number of nitrogens with two attached hydrogens (primary N) is 1. The summed E-state index contributed by atoms with van der Waals surface area (Å²) in [6, 6.07) is 22.6. The monoisotopic (exact) mass is 511 g/mol. The summed E-state index contributed by atoms with van der Waals surface area (Å²) in [5.74, 6) is -0.110. The summed E-state index contributed by atoms with van der Waals surface area (Å²) in [4.78, 5) is 35.7. The maximum absolute atomic E-state index is 12.7. The zero-order valence-corrected chi connectivity index (χ0v) is 21.3. The minimum Gasteiger partial charge on any atom is -0.446 e. The van der Waals surface area contributed by atoms with E-state index in [9.17, 15) is 14.4 Å². The zero-order chi connectivity index (χ0) is 26.7. The van der Waals surface area contributed by atoms with Crippen molar-refractivity contribution < 1.29 is 19.1 Å². The van der Waals surface area contributed by atoms with Crippen LogP contribution < -0.4 is 16.4 Å². The molecule has 0 aromatic heterocycles. The van der Waals surface area contributed by atoms with Gasteiger partial charge in [-0.3, -0.25) is 14.9 Å². The van der Waals surface area contributed by atoms with Crippen LogP contribution in [0.15, 0.2) is 78.9 Å². The fourth-order valence-electron chi connectivity index (χ4n) is 4.44. The minimum atomic E-state index is -0.471. The minimum absolute atomic E-state index is 0.110. The first-order valence-electron chi connectivity index (χ1n) is 12.9. The van der Waals surface area contributed by atoms with Gasteiger partial charge < -0.3 is 15.8 Å². The fraction of sp³-hybridized carbons (Fsp3) is 0.258. The molecule has 0 unspecified atom stereocenters. The second-order valence-electron chi connectivity index (χ2n) is 9.47. The number of anilines is 2. The predicted octanol–water partition coefficient (Wildman–Crippen LogP) is 6.42. The smallest absolute Gasteiger partial charge is 0.411 e. The van der Waals surface area contributed by atoms with Crippen LogP contribution in [0.4, 0.5) is 16.2 Å². The molecule has 0 aliphatic heterocycles. The third-order valence-electron chi connectivity index (χ3n) is 6.54. The summed E-state index contributed by atoms with van der Waals surface area (Å²) >= 11 is 0. The van der Waals surface area contributed by atoms with Crippen LogP contribution in [0.3, 0.4) is 0 Å². The topological polar surface area (TPSA) is 111 Å². The normalized spacial score (nSPS) is 17.1. The quantitative estimate of drug-likeness (QED) is 0.287. The number of carbonyl (C=O) groups is 3. The zero-order valence-electron chi connectivity index (χ0n) is 21.3. The molecule has 1 saturated carbocycles. The maximum atomic E-state index is 12.7. The van der Waals surface area contributed by atoms with Crippen LogP contribution >= 0.6 is 0 Å². The average Bonchev–Trinajstić information content (AvgIpc) is 2.93. The number of allylic oxidation sites excluding steroid dienone is 1. The molecule has 0 atom stereocenters. The number of amides is 2. The van der Waals surface area contributed by atoms with Gasteiger partial charge in [0.2, 0.25) is 5.91 Å². The van der Waals surface area contributed by atoms with Gasteiger partial charge in [-0.15, -0.1) is 0 Å². The Bertz CT molecular complexity index is 1260. The molecule has 7 heteroatoms. The average molecular weight is 512 g/mol. The second-order valence-corrected chi connectivity index (χ2v) is 9.47. The van der Waals surface area contributed by atoms with Crippen LogP contribution in [0, 0.1) is 0 Å². The van der Waals surface area contributed by atoms with Gasteiger partial charge in [-0.2, -0.15) is 0 Å². The van der Waals surface area contributed by atoms with Gasteiger partial charge in [0, 0.05) is 29.3 Å². The van der Waals surface area contributed by atoms with Crippen molar-refractivity contribution in [3.8, 4) is 11.1 Å². The molecule has 2 amide bonds. The molecule has 0 saturated heterocycles. The van der Waals surface area contributed by atoms with E-state index in [0.717, 1.165) is 48.7 Å². The first kappa shape index (κ1) is 26.8. The summed E-state index contributed by atoms with van der Waals surface area (Å²) in [6.45, 7) is 0. The summed E-state index contributed by atoms with van der Waals surface area (Å²) < 4.78 is 5.68. The molecule has 7 nitrogen and oxygen atoms in total. The molecule has 3 aromatic carbocycles. The van der Waals surface area contributed by atoms with E-state index < -0.39 is 6.09 Å². The lowest BCUT2D eigenvalue weighted by molar-refractivity contribution is -0.116. The van der Waals surface area contributed by atoms with Gasteiger partial charge >= 0.3 is 6.09 Å².